The summed E-state index contributed by atoms with van der Waals surface area (Å²) in [5.74, 6) is -1.50. The molecule has 2 N–H and O–H groups in total. The highest BCUT2D eigenvalue weighted by atomic mass is 35.5. The van der Waals surface area contributed by atoms with E-state index in [1.165, 1.54) is 30.5 Å². The molecule has 3 rings (SSSR count). The quantitative estimate of drug-likeness (QED) is 0.826. The number of benzene rings is 1. The third-order valence-corrected chi connectivity index (χ3v) is 4.31. The molecule has 1 heterocycles. The van der Waals surface area contributed by atoms with Crippen LogP contribution in [0.1, 0.15) is 22.3 Å². The first-order chi connectivity index (χ1) is 12.4. The van der Waals surface area contributed by atoms with E-state index in [0.717, 1.165) is 0 Å². The lowest BCUT2D eigenvalue weighted by molar-refractivity contribution is -0.117. The Kier molecular flexibility index (Phi) is 5.07. The molecule has 0 bridgehead atoms. The van der Waals surface area contributed by atoms with Gasteiger partial charge in [-0.2, -0.15) is 5.26 Å². The largest absolute Gasteiger partial charge is 0.322 e. The molecule has 2 atom stereocenters. The van der Waals surface area contributed by atoms with Crippen LogP contribution in [-0.4, -0.2) is 23.0 Å². The zero-order chi connectivity index (χ0) is 18.8. The highest BCUT2D eigenvalue weighted by Gasteiger charge is 2.43. The highest BCUT2D eigenvalue weighted by Crippen LogP contribution is 2.34. The van der Waals surface area contributed by atoms with E-state index in [4.69, 9.17) is 28.5 Å². The number of carbonyl (C=O) groups excluding carboxylic acids is 2. The predicted molar refractivity (Wildman–Crippen MR) is 95.0 cm³/mol. The number of amides is 2. The molecule has 2 aromatic rings. The molecule has 1 aliphatic rings. The summed E-state index contributed by atoms with van der Waals surface area (Å²) in [5.41, 5.74) is 0.592. The molecule has 0 radical (unpaired) electrons. The van der Waals surface area contributed by atoms with Gasteiger partial charge in [0.1, 0.15) is 12.0 Å². The average molecular weight is 393 g/mol. The van der Waals surface area contributed by atoms with E-state index in [2.05, 4.69) is 15.6 Å². The summed E-state index contributed by atoms with van der Waals surface area (Å²) in [6, 6.07) is 7.50. The van der Waals surface area contributed by atoms with Gasteiger partial charge in [-0.3, -0.25) is 9.59 Å². The van der Waals surface area contributed by atoms with Crippen LogP contribution in [0, 0.1) is 17.2 Å². The van der Waals surface area contributed by atoms with Gasteiger partial charge in [0, 0.05) is 18.0 Å². The molecular formula is C17H11Cl2FN4O2. The summed E-state index contributed by atoms with van der Waals surface area (Å²) in [5, 5.41) is 14.0. The number of nitrogens with one attached hydrogen (secondary N) is 2. The van der Waals surface area contributed by atoms with Gasteiger partial charge in [-0.15, -0.1) is 0 Å². The lowest BCUT2D eigenvalue weighted by Gasteiger charge is -2.10. The first-order valence-electron chi connectivity index (χ1n) is 7.50. The smallest absolute Gasteiger partial charge is 0.258 e. The minimum absolute atomic E-state index is 0.0213. The molecule has 0 saturated heterocycles. The Bertz CT molecular complexity index is 922. The van der Waals surface area contributed by atoms with Gasteiger partial charge in [-0.05, 0) is 24.6 Å². The van der Waals surface area contributed by atoms with Crippen LogP contribution >= 0.6 is 23.2 Å². The van der Waals surface area contributed by atoms with E-state index in [0.29, 0.717) is 5.69 Å². The molecule has 9 heteroatoms. The lowest BCUT2D eigenvalue weighted by atomic mass is 10.1. The molecular weight excluding hydrogens is 382 g/mol. The van der Waals surface area contributed by atoms with E-state index in [1.807, 2.05) is 6.07 Å². The highest BCUT2D eigenvalue weighted by molar-refractivity contribution is 6.40. The van der Waals surface area contributed by atoms with E-state index < -0.39 is 23.9 Å². The molecule has 1 saturated carbocycles. The van der Waals surface area contributed by atoms with Crippen molar-refractivity contribution in [3.05, 3.63) is 51.6 Å². The molecule has 0 unspecified atom stereocenters. The van der Waals surface area contributed by atoms with Crippen LogP contribution in [0.4, 0.5) is 15.9 Å². The van der Waals surface area contributed by atoms with Gasteiger partial charge < -0.3 is 10.6 Å². The van der Waals surface area contributed by atoms with Crippen LogP contribution in [0.15, 0.2) is 30.5 Å². The third kappa shape index (κ3) is 3.93. The second-order valence-electron chi connectivity index (χ2n) is 5.66. The van der Waals surface area contributed by atoms with Crippen molar-refractivity contribution >= 4 is 46.5 Å². The fraction of sp³-hybridized carbons (Fsp3) is 0.176. The molecule has 1 fully saturated rings. The summed E-state index contributed by atoms with van der Waals surface area (Å²) in [7, 11) is 0. The Morgan fingerprint density at radius 1 is 1.23 bits per heavy atom. The van der Waals surface area contributed by atoms with Gasteiger partial charge in [0.05, 0.1) is 33.2 Å². The molecule has 26 heavy (non-hydrogen) atoms. The van der Waals surface area contributed by atoms with Crippen molar-refractivity contribution in [2.24, 2.45) is 5.92 Å². The van der Waals surface area contributed by atoms with Crippen LogP contribution in [0.2, 0.25) is 10.0 Å². The fourth-order valence-electron chi connectivity index (χ4n) is 2.28. The Hall–Kier alpha value is -2.69. The molecule has 0 aliphatic heterocycles. The van der Waals surface area contributed by atoms with Crippen molar-refractivity contribution < 1.29 is 14.0 Å². The Labute approximate surface area is 157 Å². The van der Waals surface area contributed by atoms with Crippen molar-refractivity contribution in [3.63, 3.8) is 0 Å². The number of pyridine rings is 1. The first-order valence-corrected chi connectivity index (χ1v) is 8.26. The number of nitrogens with zero attached hydrogens (tertiary/aromatic N) is 2. The van der Waals surface area contributed by atoms with Crippen LogP contribution < -0.4 is 10.6 Å². The van der Waals surface area contributed by atoms with Gasteiger partial charge >= 0.3 is 0 Å². The molecule has 6 nitrogen and oxygen atoms in total. The Balaban J connectivity index is 1.75. The number of nitriles is 1. The van der Waals surface area contributed by atoms with E-state index in [9.17, 15) is 14.0 Å². The minimum atomic E-state index is -1.11. The van der Waals surface area contributed by atoms with Gasteiger partial charge in [-0.25, -0.2) is 9.37 Å². The minimum Gasteiger partial charge on any atom is -0.322 e. The standard InChI is InChI=1S/C17H11Cl2FN4O2/c18-11-3-8(7-21)4-12(19)15(11)17(26)23-9-1-2-22-14(5-9)24-16(25)10-6-13(10)20/h1-5,10,13H,6H2,(H2,22,23,24,25,26)/t10-,13-/m0/s1. The summed E-state index contributed by atoms with van der Waals surface area (Å²) in [4.78, 5) is 28.1. The Morgan fingerprint density at radius 2 is 1.88 bits per heavy atom. The Morgan fingerprint density at radius 3 is 2.46 bits per heavy atom. The predicted octanol–water partition coefficient (Wildman–Crippen LogP) is 3.81. The van der Waals surface area contributed by atoms with Crippen LogP contribution in [-0.2, 0) is 4.79 Å². The maximum atomic E-state index is 12.9. The number of hydrogen-bond acceptors (Lipinski definition) is 4. The van der Waals surface area contributed by atoms with Gasteiger partial charge in [0.15, 0.2) is 0 Å². The van der Waals surface area contributed by atoms with Crippen molar-refractivity contribution in [2.45, 2.75) is 12.6 Å². The molecule has 1 aromatic heterocycles. The van der Waals surface area contributed by atoms with Crippen LogP contribution in [0.5, 0.6) is 0 Å². The SMILES string of the molecule is N#Cc1cc(Cl)c(C(=O)Nc2ccnc(NC(=O)[C@H]3C[C@@H]3F)c2)c(Cl)c1. The number of aromatic nitrogens is 1. The number of anilines is 2. The van der Waals surface area contributed by atoms with Crippen molar-refractivity contribution in [2.75, 3.05) is 10.6 Å². The summed E-state index contributed by atoms with van der Waals surface area (Å²) in [6.45, 7) is 0. The van der Waals surface area contributed by atoms with Gasteiger partial charge in [-0.1, -0.05) is 23.2 Å². The van der Waals surface area contributed by atoms with Gasteiger partial charge in [0.2, 0.25) is 5.91 Å². The number of halogens is 3. The van der Waals surface area contributed by atoms with Crippen molar-refractivity contribution in [1.29, 1.82) is 5.26 Å². The molecule has 2 amide bonds. The van der Waals surface area contributed by atoms with E-state index in [-0.39, 0.29) is 33.4 Å². The number of alkyl halides is 1. The third-order valence-electron chi connectivity index (χ3n) is 3.72. The van der Waals surface area contributed by atoms with E-state index in [1.54, 1.807) is 0 Å². The van der Waals surface area contributed by atoms with E-state index >= 15 is 0 Å². The zero-order valence-electron chi connectivity index (χ0n) is 13.1. The molecule has 1 aliphatic carbocycles. The summed E-state index contributed by atoms with van der Waals surface area (Å²) in [6.07, 6.45) is 0.476. The second kappa shape index (κ2) is 7.28. The lowest BCUT2D eigenvalue weighted by Crippen LogP contribution is -2.17. The van der Waals surface area contributed by atoms with Crippen molar-refractivity contribution in [1.82, 2.24) is 4.98 Å². The maximum Gasteiger partial charge on any atom is 0.258 e. The first kappa shape index (κ1) is 18.1. The second-order valence-corrected chi connectivity index (χ2v) is 6.47. The van der Waals surface area contributed by atoms with Gasteiger partial charge in [0.25, 0.3) is 5.91 Å². The zero-order valence-corrected chi connectivity index (χ0v) is 14.6. The molecule has 0 spiro atoms. The normalized spacial score (nSPS) is 17.9. The summed E-state index contributed by atoms with van der Waals surface area (Å²) >= 11 is 12.1. The molecule has 1 aromatic carbocycles. The monoisotopic (exact) mass is 392 g/mol. The summed E-state index contributed by atoms with van der Waals surface area (Å²) < 4.78 is 12.9. The number of rotatable bonds is 4. The van der Waals surface area contributed by atoms with Crippen LogP contribution in [0.3, 0.4) is 0 Å². The topological polar surface area (TPSA) is 94.9 Å². The number of carbonyl (C=O) groups is 2. The maximum absolute atomic E-state index is 12.9. The van der Waals surface area contributed by atoms with Crippen molar-refractivity contribution in [3.8, 4) is 6.07 Å². The van der Waals surface area contributed by atoms with Crippen LogP contribution in [0.25, 0.3) is 0 Å². The fourth-order valence-corrected chi connectivity index (χ4v) is 2.94. The molecule has 132 valence electrons. The number of hydrogen-bond donors (Lipinski definition) is 2. The average Bonchev–Trinajstić information content (AvgIpc) is 3.31.